The van der Waals surface area contributed by atoms with Crippen LogP contribution in [0.25, 0.3) is 11.3 Å². The molecule has 0 amide bonds. The quantitative estimate of drug-likeness (QED) is 0.812. The van der Waals surface area contributed by atoms with Crippen LogP contribution >= 0.6 is 0 Å². The largest absolute Gasteiger partial charge is 0.318 e. The highest BCUT2D eigenvalue weighted by atomic mass is 15.3. The molecule has 2 aromatic rings. The first-order valence-corrected chi connectivity index (χ1v) is 5.06. The molecule has 1 heterocycles. The van der Waals surface area contributed by atoms with Crippen LogP contribution in [0.2, 0.25) is 0 Å². The highest BCUT2D eigenvalue weighted by Gasteiger charge is 2.00. The fourth-order valence-electron chi connectivity index (χ4n) is 1.41. The van der Waals surface area contributed by atoms with E-state index in [1.807, 2.05) is 36.0 Å². The van der Waals surface area contributed by atoms with E-state index in [2.05, 4.69) is 28.7 Å². The molecule has 0 unspecified atom stereocenters. The molecule has 77 valence electrons. The van der Waals surface area contributed by atoms with Crippen molar-refractivity contribution in [1.29, 1.82) is 0 Å². The zero-order chi connectivity index (χ0) is 10.5. The summed E-state index contributed by atoms with van der Waals surface area (Å²) in [6.45, 7) is 1.76. The second-order valence-electron chi connectivity index (χ2n) is 3.35. The van der Waals surface area contributed by atoms with Gasteiger partial charge in [0.1, 0.15) is 0 Å². The minimum Gasteiger partial charge on any atom is -0.318 e. The molecular weight excluding hydrogens is 186 g/mol. The smallest absolute Gasteiger partial charge is 0.0930 e. The third-order valence-corrected chi connectivity index (χ3v) is 2.22. The van der Waals surface area contributed by atoms with Gasteiger partial charge in [0.25, 0.3) is 0 Å². The van der Waals surface area contributed by atoms with Gasteiger partial charge in [-0.2, -0.15) is 5.10 Å². The minimum absolute atomic E-state index is 0.851. The lowest BCUT2D eigenvalue weighted by atomic mass is 10.2. The van der Waals surface area contributed by atoms with E-state index < -0.39 is 0 Å². The number of likely N-dealkylation sites (N-methyl/N-ethyl adjacent to an activating group) is 1. The predicted octanol–water partition coefficient (Wildman–Crippen LogP) is 1.57. The van der Waals surface area contributed by atoms with Crippen molar-refractivity contribution in [1.82, 2.24) is 15.1 Å². The molecule has 1 N–H and O–H groups in total. The molecule has 0 atom stereocenters. The Labute approximate surface area is 89.7 Å². The molecule has 0 bridgehead atoms. The molecule has 0 aliphatic carbocycles. The first-order valence-electron chi connectivity index (χ1n) is 5.06. The van der Waals surface area contributed by atoms with Crippen LogP contribution in [0.15, 0.2) is 36.4 Å². The summed E-state index contributed by atoms with van der Waals surface area (Å²) in [7, 11) is 1.93. The molecule has 1 aromatic heterocycles. The second-order valence-corrected chi connectivity index (χ2v) is 3.35. The van der Waals surface area contributed by atoms with Crippen molar-refractivity contribution in [2.45, 2.75) is 6.54 Å². The van der Waals surface area contributed by atoms with Crippen molar-refractivity contribution in [3.63, 3.8) is 0 Å². The molecule has 0 fully saturated rings. The van der Waals surface area contributed by atoms with E-state index in [4.69, 9.17) is 0 Å². The summed E-state index contributed by atoms with van der Waals surface area (Å²) in [6.07, 6.45) is 3.10. The Morgan fingerprint density at radius 1 is 1.33 bits per heavy atom. The van der Waals surface area contributed by atoms with Crippen LogP contribution in [-0.4, -0.2) is 23.4 Å². The second kappa shape index (κ2) is 4.75. The number of hydrogen-bond acceptors (Lipinski definition) is 2. The molecule has 1 aromatic carbocycles. The van der Waals surface area contributed by atoms with Crippen LogP contribution in [0.3, 0.4) is 0 Å². The van der Waals surface area contributed by atoms with Gasteiger partial charge in [-0.1, -0.05) is 30.3 Å². The lowest BCUT2D eigenvalue weighted by molar-refractivity contribution is 0.583. The van der Waals surface area contributed by atoms with Gasteiger partial charge in [-0.25, -0.2) is 0 Å². The third kappa shape index (κ3) is 2.44. The number of benzene rings is 1. The minimum atomic E-state index is 0.851. The molecule has 0 saturated carbocycles. The third-order valence-electron chi connectivity index (χ3n) is 2.22. The monoisotopic (exact) mass is 200 g/mol. The van der Waals surface area contributed by atoms with Crippen LogP contribution in [-0.2, 0) is 6.54 Å². The van der Waals surface area contributed by atoms with Gasteiger partial charge in [-0.3, -0.25) is 4.68 Å². The Hall–Kier alpha value is -1.61. The van der Waals surface area contributed by atoms with Gasteiger partial charge in [-0.15, -0.1) is 0 Å². The van der Waals surface area contributed by atoms with Crippen LogP contribution in [0, 0.1) is 6.20 Å². The molecule has 0 aliphatic heterocycles. The predicted molar refractivity (Wildman–Crippen MR) is 60.4 cm³/mol. The maximum Gasteiger partial charge on any atom is 0.0930 e. The van der Waals surface area contributed by atoms with E-state index in [0.717, 1.165) is 24.3 Å². The van der Waals surface area contributed by atoms with Crippen LogP contribution < -0.4 is 5.32 Å². The molecule has 0 spiro atoms. The van der Waals surface area contributed by atoms with Gasteiger partial charge in [0.05, 0.1) is 18.4 Å². The molecular formula is C12H14N3. The summed E-state index contributed by atoms with van der Waals surface area (Å²) >= 11 is 0. The van der Waals surface area contributed by atoms with E-state index in [1.165, 1.54) is 0 Å². The van der Waals surface area contributed by atoms with E-state index in [0.29, 0.717) is 0 Å². The highest BCUT2D eigenvalue weighted by Crippen LogP contribution is 2.15. The van der Waals surface area contributed by atoms with Crippen molar-refractivity contribution >= 4 is 0 Å². The SMILES string of the molecule is CNCCn1[c]cc(-c2ccccc2)n1. The molecule has 3 nitrogen and oxygen atoms in total. The Kier molecular flexibility index (Phi) is 3.15. The van der Waals surface area contributed by atoms with Gasteiger partial charge in [0.15, 0.2) is 0 Å². The fourth-order valence-corrected chi connectivity index (χ4v) is 1.41. The van der Waals surface area contributed by atoms with Gasteiger partial charge < -0.3 is 5.32 Å². The van der Waals surface area contributed by atoms with Crippen molar-refractivity contribution in [2.75, 3.05) is 13.6 Å². The van der Waals surface area contributed by atoms with E-state index in [9.17, 15) is 0 Å². The summed E-state index contributed by atoms with van der Waals surface area (Å²) in [4.78, 5) is 0. The Morgan fingerprint density at radius 3 is 2.87 bits per heavy atom. The first kappa shape index (κ1) is 9.93. The summed E-state index contributed by atoms with van der Waals surface area (Å²) in [5.74, 6) is 0. The topological polar surface area (TPSA) is 29.9 Å². The maximum atomic E-state index is 4.44. The van der Waals surface area contributed by atoms with E-state index >= 15 is 0 Å². The number of hydrogen-bond donors (Lipinski definition) is 1. The average Bonchev–Trinajstić information content (AvgIpc) is 2.76. The van der Waals surface area contributed by atoms with Crippen LogP contribution in [0.4, 0.5) is 0 Å². The number of nitrogens with zero attached hydrogens (tertiary/aromatic N) is 2. The Bertz CT molecular complexity index is 406. The fraction of sp³-hybridized carbons (Fsp3) is 0.250. The lowest BCUT2D eigenvalue weighted by Gasteiger charge is -1.99. The van der Waals surface area contributed by atoms with Crippen molar-refractivity contribution in [3.8, 4) is 11.3 Å². The molecule has 0 aliphatic rings. The van der Waals surface area contributed by atoms with E-state index in [-0.39, 0.29) is 0 Å². The van der Waals surface area contributed by atoms with Gasteiger partial charge in [0, 0.05) is 12.1 Å². The summed E-state index contributed by atoms with van der Waals surface area (Å²) in [5, 5.41) is 7.52. The van der Waals surface area contributed by atoms with Crippen molar-refractivity contribution in [2.24, 2.45) is 0 Å². The molecule has 15 heavy (non-hydrogen) atoms. The van der Waals surface area contributed by atoms with Gasteiger partial charge in [-0.05, 0) is 13.1 Å². The molecule has 3 heteroatoms. The summed E-state index contributed by atoms with van der Waals surface area (Å²) < 4.78 is 1.83. The van der Waals surface area contributed by atoms with Crippen molar-refractivity contribution < 1.29 is 0 Å². The van der Waals surface area contributed by atoms with Gasteiger partial charge in [0.2, 0.25) is 0 Å². The molecule has 2 rings (SSSR count). The number of rotatable bonds is 4. The zero-order valence-electron chi connectivity index (χ0n) is 8.77. The van der Waals surface area contributed by atoms with Crippen LogP contribution in [0.1, 0.15) is 0 Å². The number of aromatic nitrogens is 2. The highest BCUT2D eigenvalue weighted by molar-refractivity contribution is 5.57. The summed E-state index contributed by atoms with van der Waals surface area (Å²) in [5.41, 5.74) is 2.11. The van der Waals surface area contributed by atoms with E-state index in [1.54, 1.807) is 0 Å². The Balaban J connectivity index is 2.14. The standard InChI is InChI=1S/C12H14N3/c1-13-8-10-15-9-7-12(14-15)11-5-3-2-4-6-11/h2-7,13H,8,10H2,1H3. The van der Waals surface area contributed by atoms with Crippen molar-refractivity contribution in [3.05, 3.63) is 42.6 Å². The first-order chi connectivity index (χ1) is 7.40. The molecule has 0 saturated heterocycles. The molecule has 1 radical (unpaired) electrons. The zero-order valence-corrected chi connectivity index (χ0v) is 8.77. The van der Waals surface area contributed by atoms with Crippen LogP contribution in [0.5, 0.6) is 0 Å². The Morgan fingerprint density at radius 2 is 2.13 bits per heavy atom. The normalized spacial score (nSPS) is 10.5. The average molecular weight is 200 g/mol. The summed E-state index contributed by atoms with van der Waals surface area (Å²) in [6, 6.07) is 12.1. The lowest BCUT2D eigenvalue weighted by Crippen LogP contribution is -2.15. The number of nitrogens with one attached hydrogen (secondary N) is 1. The maximum absolute atomic E-state index is 4.44. The van der Waals surface area contributed by atoms with Gasteiger partial charge >= 0.3 is 0 Å².